The molecule has 30 heavy (non-hydrogen) atoms. The number of furan rings is 1. The number of aromatic nitrogens is 3. The molecule has 3 aromatic carbocycles. The predicted octanol–water partition coefficient (Wildman–Crippen LogP) is 3.80. The quantitative estimate of drug-likeness (QED) is 0.481. The van der Waals surface area contributed by atoms with E-state index in [0.717, 1.165) is 16.4 Å². The number of nitrogens with zero attached hydrogens (tertiary/aromatic N) is 3. The van der Waals surface area contributed by atoms with E-state index in [1.54, 1.807) is 20.1 Å². The van der Waals surface area contributed by atoms with Crippen LogP contribution in [0.1, 0.15) is 6.92 Å². The fourth-order valence-corrected chi connectivity index (χ4v) is 3.38. The summed E-state index contributed by atoms with van der Waals surface area (Å²) in [5, 5.41) is 12.7. The maximum Gasteiger partial charge on any atom is 0.268 e. The molecule has 1 atom stereocenters. The van der Waals surface area contributed by atoms with E-state index in [2.05, 4.69) is 15.6 Å². The van der Waals surface area contributed by atoms with Gasteiger partial charge in [-0.1, -0.05) is 35.2 Å². The Labute approximate surface area is 170 Å². The van der Waals surface area contributed by atoms with Gasteiger partial charge in [-0.3, -0.25) is 4.79 Å². The number of nitrogens with one attached hydrogen (secondary N) is 1. The molecular weight excluding hydrogens is 384 g/mol. The first kappa shape index (κ1) is 18.0. The number of carbonyl (C=O) groups is 1. The summed E-state index contributed by atoms with van der Waals surface area (Å²) in [7, 11) is 1.56. The molecule has 0 fully saturated rings. The molecule has 0 spiro atoms. The third kappa shape index (κ3) is 2.98. The molecule has 2 aromatic heterocycles. The van der Waals surface area contributed by atoms with Gasteiger partial charge in [-0.05, 0) is 36.4 Å². The molecule has 0 aliphatic carbocycles. The minimum absolute atomic E-state index is 0.358. The second kappa shape index (κ2) is 7.07. The van der Waals surface area contributed by atoms with Gasteiger partial charge in [-0.25, -0.2) is 0 Å². The predicted molar refractivity (Wildman–Crippen MR) is 112 cm³/mol. The molecule has 1 amide bonds. The van der Waals surface area contributed by atoms with Crippen molar-refractivity contribution in [1.82, 2.24) is 15.2 Å². The SMILES string of the molecule is COc1cc2c(cc1NC(=O)[C@@H](C)On1nnc3ccccc31)oc1ccccc12. The van der Waals surface area contributed by atoms with Gasteiger partial charge in [0.1, 0.15) is 27.9 Å². The second-order valence-electron chi connectivity index (χ2n) is 6.83. The van der Waals surface area contributed by atoms with Crippen molar-refractivity contribution < 1.29 is 18.8 Å². The lowest BCUT2D eigenvalue weighted by Gasteiger charge is -2.15. The van der Waals surface area contributed by atoms with Gasteiger partial charge in [0.25, 0.3) is 5.91 Å². The zero-order valence-electron chi connectivity index (χ0n) is 16.3. The maximum absolute atomic E-state index is 12.8. The van der Waals surface area contributed by atoms with Gasteiger partial charge in [-0.15, -0.1) is 5.10 Å². The molecule has 5 rings (SSSR count). The van der Waals surface area contributed by atoms with Crippen LogP contribution in [0.4, 0.5) is 5.69 Å². The lowest BCUT2D eigenvalue weighted by Crippen LogP contribution is -2.35. The zero-order valence-corrected chi connectivity index (χ0v) is 16.3. The molecule has 150 valence electrons. The van der Waals surface area contributed by atoms with Crippen molar-refractivity contribution >= 4 is 44.6 Å². The lowest BCUT2D eigenvalue weighted by atomic mass is 10.1. The Balaban J connectivity index is 1.42. The van der Waals surface area contributed by atoms with Crippen molar-refractivity contribution in [2.75, 3.05) is 12.4 Å². The highest BCUT2D eigenvalue weighted by Crippen LogP contribution is 2.36. The molecular formula is C22H18N4O4. The van der Waals surface area contributed by atoms with E-state index >= 15 is 0 Å². The van der Waals surface area contributed by atoms with Gasteiger partial charge in [-0.2, -0.15) is 0 Å². The highest BCUT2D eigenvalue weighted by molar-refractivity contribution is 6.08. The molecule has 8 nitrogen and oxygen atoms in total. The van der Waals surface area contributed by atoms with E-state index in [-0.39, 0.29) is 5.91 Å². The number of hydrogen-bond acceptors (Lipinski definition) is 6. The molecule has 5 aromatic rings. The van der Waals surface area contributed by atoms with Crippen LogP contribution in [0, 0.1) is 0 Å². The van der Waals surface area contributed by atoms with Crippen LogP contribution in [-0.2, 0) is 4.79 Å². The first-order valence-electron chi connectivity index (χ1n) is 9.42. The Morgan fingerprint density at radius 2 is 1.87 bits per heavy atom. The monoisotopic (exact) mass is 402 g/mol. The Morgan fingerprint density at radius 3 is 2.73 bits per heavy atom. The lowest BCUT2D eigenvalue weighted by molar-refractivity contribution is -0.127. The Kier molecular flexibility index (Phi) is 4.24. The highest BCUT2D eigenvalue weighted by Gasteiger charge is 2.20. The number of hydrogen-bond donors (Lipinski definition) is 1. The van der Waals surface area contributed by atoms with Crippen molar-refractivity contribution in [2.45, 2.75) is 13.0 Å². The molecule has 0 unspecified atom stereocenters. The van der Waals surface area contributed by atoms with Gasteiger partial charge in [0.05, 0.1) is 12.8 Å². The number of ether oxygens (including phenoxy) is 1. The highest BCUT2D eigenvalue weighted by atomic mass is 16.7. The number of methoxy groups -OCH3 is 1. The third-order valence-electron chi connectivity index (χ3n) is 4.91. The standard InChI is InChI=1S/C22H18N4O4/c1-13(30-26-18-9-5-4-8-16(18)24-25-26)22(27)23-17-12-20-15(11-21(17)28-2)14-7-3-6-10-19(14)29-20/h3-13H,1-2H3,(H,23,27)/t13-/m1/s1. The van der Waals surface area contributed by atoms with Gasteiger partial charge in [0.2, 0.25) is 6.10 Å². The second-order valence-corrected chi connectivity index (χ2v) is 6.83. The molecule has 1 N–H and O–H groups in total. The summed E-state index contributed by atoms with van der Waals surface area (Å²) in [5.41, 5.74) is 3.28. The first-order chi connectivity index (χ1) is 14.6. The topological polar surface area (TPSA) is 91.4 Å². The van der Waals surface area contributed by atoms with E-state index in [0.29, 0.717) is 28.1 Å². The number of rotatable bonds is 5. The molecule has 0 bridgehead atoms. The van der Waals surface area contributed by atoms with E-state index in [4.69, 9.17) is 14.0 Å². The average molecular weight is 402 g/mol. The summed E-state index contributed by atoms with van der Waals surface area (Å²) in [6.07, 6.45) is -0.828. The summed E-state index contributed by atoms with van der Waals surface area (Å²) >= 11 is 0. The molecule has 8 heteroatoms. The minimum Gasteiger partial charge on any atom is -0.495 e. The van der Waals surface area contributed by atoms with Crippen molar-refractivity contribution in [1.29, 1.82) is 0 Å². The van der Waals surface area contributed by atoms with Crippen molar-refractivity contribution in [2.24, 2.45) is 0 Å². The van der Waals surface area contributed by atoms with Gasteiger partial charge >= 0.3 is 0 Å². The first-order valence-corrected chi connectivity index (χ1v) is 9.42. The van der Waals surface area contributed by atoms with Crippen LogP contribution in [-0.4, -0.2) is 34.3 Å². The zero-order chi connectivity index (χ0) is 20.7. The summed E-state index contributed by atoms with van der Waals surface area (Å²) in [6.45, 7) is 1.64. The molecule has 0 saturated heterocycles. The summed E-state index contributed by atoms with van der Waals surface area (Å²) in [4.78, 5) is 19.7. The van der Waals surface area contributed by atoms with Gasteiger partial charge < -0.3 is 19.3 Å². The van der Waals surface area contributed by atoms with Crippen LogP contribution in [0.15, 0.2) is 65.1 Å². The van der Waals surface area contributed by atoms with Crippen LogP contribution < -0.4 is 14.9 Å². The maximum atomic E-state index is 12.8. The Bertz CT molecular complexity index is 1390. The van der Waals surface area contributed by atoms with E-state index in [9.17, 15) is 4.79 Å². The van der Waals surface area contributed by atoms with Crippen molar-refractivity contribution in [3.8, 4) is 5.75 Å². The summed E-state index contributed by atoms with van der Waals surface area (Å²) in [6, 6.07) is 18.7. The summed E-state index contributed by atoms with van der Waals surface area (Å²) < 4.78 is 11.4. The smallest absolute Gasteiger partial charge is 0.268 e. The van der Waals surface area contributed by atoms with Crippen LogP contribution in [0.5, 0.6) is 5.75 Å². The summed E-state index contributed by atoms with van der Waals surface area (Å²) in [5.74, 6) is 0.171. The number of anilines is 1. The molecule has 0 saturated carbocycles. The Morgan fingerprint density at radius 1 is 1.07 bits per heavy atom. The largest absolute Gasteiger partial charge is 0.495 e. The fourth-order valence-electron chi connectivity index (χ4n) is 3.38. The number of benzene rings is 3. The number of fused-ring (bicyclic) bond motifs is 4. The Hall–Kier alpha value is -4.07. The van der Waals surface area contributed by atoms with Gasteiger partial charge in [0, 0.05) is 16.8 Å². The average Bonchev–Trinajstić information content (AvgIpc) is 3.34. The normalized spacial score (nSPS) is 12.3. The van der Waals surface area contributed by atoms with Crippen LogP contribution in [0.2, 0.25) is 0 Å². The molecule has 0 aliphatic rings. The number of amides is 1. The third-order valence-corrected chi connectivity index (χ3v) is 4.91. The van der Waals surface area contributed by atoms with Crippen LogP contribution in [0.3, 0.4) is 0 Å². The van der Waals surface area contributed by atoms with Crippen molar-refractivity contribution in [3.05, 3.63) is 60.7 Å². The fraction of sp³-hybridized carbons (Fsp3) is 0.136. The van der Waals surface area contributed by atoms with Crippen molar-refractivity contribution in [3.63, 3.8) is 0 Å². The van der Waals surface area contributed by atoms with E-state index in [1.165, 1.54) is 4.85 Å². The molecule has 2 heterocycles. The number of para-hydroxylation sites is 2. The van der Waals surface area contributed by atoms with Gasteiger partial charge in [0.15, 0.2) is 0 Å². The molecule has 0 radical (unpaired) electrons. The molecule has 0 aliphatic heterocycles. The minimum atomic E-state index is -0.828. The number of carbonyl (C=O) groups excluding carboxylic acids is 1. The van der Waals surface area contributed by atoms with Crippen LogP contribution >= 0.6 is 0 Å². The van der Waals surface area contributed by atoms with Crippen LogP contribution in [0.25, 0.3) is 33.0 Å². The van der Waals surface area contributed by atoms with E-state index in [1.807, 2.05) is 54.6 Å². The van der Waals surface area contributed by atoms with E-state index < -0.39 is 6.10 Å².